The number of rotatable bonds is 7. The van der Waals surface area contributed by atoms with Crippen LogP contribution in [0.25, 0.3) is 11.3 Å². The molecular weight excluding hydrogens is 368 g/mol. The first kappa shape index (κ1) is 18.6. The molecular formula is C17H18N6O3S. The van der Waals surface area contributed by atoms with Crippen LogP contribution in [0.3, 0.4) is 0 Å². The molecule has 2 aromatic heterocycles. The Balaban J connectivity index is 1.68. The van der Waals surface area contributed by atoms with Crippen LogP contribution in [0, 0.1) is 17.0 Å². The Bertz CT molecular complexity index is 963. The van der Waals surface area contributed by atoms with Crippen LogP contribution in [0.5, 0.6) is 0 Å². The Labute approximate surface area is 159 Å². The molecule has 0 radical (unpaired) electrons. The zero-order valence-electron chi connectivity index (χ0n) is 14.9. The van der Waals surface area contributed by atoms with Gasteiger partial charge in [-0.05, 0) is 23.8 Å². The fourth-order valence-electron chi connectivity index (χ4n) is 2.59. The summed E-state index contributed by atoms with van der Waals surface area (Å²) < 4.78 is 1.11. The zero-order valence-corrected chi connectivity index (χ0v) is 15.7. The van der Waals surface area contributed by atoms with E-state index >= 15 is 0 Å². The number of hydrogen-bond acceptors (Lipinski definition) is 7. The van der Waals surface area contributed by atoms with Gasteiger partial charge in [0.1, 0.15) is 6.54 Å². The van der Waals surface area contributed by atoms with E-state index in [4.69, 9.17) is 0 Å². The lowest BCUT2D eigenvalue weighted by atomic mass is 10.1. The van der Waals surface area contributed by atoms with Crippen molar-refractivity contribution in [2.45, 2.75) is 33.2 Å². The standard InChI is InChI=1S/C17H18N6O3S/c1-3-4-12-5-7-13(8-6-12)15-11(2)27-17(20-15)19-14(24)9-22-10-18-16(21-22)23(25)26/h5-8,10H,3-4,9H2,1-2H3,(H,19,20,24). The van der Waals surface area contributed by atoms with E-state index in [2.05, 4.69) is 39.4 Å². The number of aryl methyl sites for hydroxylation is 2. The van der Waals surface area contributed by atoms with Crippen LogP contribution in [0.2, 0.25) is 0 Å². The van der Waals surface area contributed by atoms with E-state index in [1.165, 1.54) is 16.9 Å². The minimum atomic E-state index is -0.712. The number of anilines is 1. The maximum absolute atomic E-state index is 12.1. The molecule has 1 N–H and O–H groups in total. The highest BCUT2D eigenvalue weighted by atomic mass is 32.1. The number of nitro groups is 1. The largest absolute Gasteiger partial charge is 0.490 e. The lowest BCUT2D eigenvalue weighted by molar-refractivity contribution is -0.394. The van der Waals surface area contributed by atoms with E-state index < -0.39 is 10.9 Å². The summed E-state index contributed by atoms with van der Waals surface area (Å²) in [5, 5.41) is 17.4. The number of thiazole rings is 1. The van der Waals surface area contributed by atoms with Crippen molar-refractivity contribution < 1.29 is 9.72 Å². The van der Waals surface area contributed by atoms with Gasteiger partial charge >= 0.3 is 5.95 Å². The average molecular weight is 386 g/mol. The minimum absolute atomic E-state index is 0.180. The molecule has 0 atom stereocenters. The highest BCUT2D eigenvalue weighted by Gasteiger charge is 2.17. The van der Waals surface area contributed by atoms with Crippen LogP contribution in [0.1, 0.15) is 23.8 Å². The van der Waals surface area contributed by atoms with Crippen LogP contribution in [0.15, 0.2) is 30.6 Å². The van der Waals surface area contributed by atoms with Gasteiger partial charge in [0.15, 0.2) is 5.13 Å². The highest BCUT2D eigenvalue weighted by Crippen LogP contribution is 2.30. The second kappa shape index (κ2) is 8.04. The molecule has 0 fully saturated rings. The quantitative estimate of drug-likeness (QED) is 0.492. The first-order valence-corrected chi connectivity index (χ1v) is 9.18. The lowest BCUT2D eigenvalue weighted by Gasteiger charge is -2.02. The van der Waals surface area contributed by atoms with Crippen molar-refractivity contribution in [3.63, 3.8) is 0 Å². The summed E-state index contributed by atoms with van der Waals surface area (Å²) in [5.74, 6) is -0.921. The molecule has 0 aliphatic rings. The summed E-state index contributed by atoms with van der Waals surface area (Å²) in [4.78, 5) is 31.0. The highest BCUT2D eigenvalue weighted by molar-refractivity contribution is 7.16. The Morgan fingerprint density at radius 1 is 1.33 bits per heavy atom. The van der Waals surface area contributed by atoms with E-state index in [-0.39, 0.29) is 12.5 Å². The van der Waals surface area contributed by atoms with Gasteiger partial charge in [0.25, 0.3) is 0 Å². The smallest absolute Gasteiger partial charge is 0.390 e. The first-order valence-electron chi connectivity index (χ1n) is 8.36. The topological polar surface area (TPSA) is 116 Å². The predicted molar refractivity (Wildman–Crippen MR) is 102 cm³/mol. The molecule has 0 aliphatic carbocycles. The van der Waals surface area contributed by atoms with Gasteiger partial charge in [-0.3, -0.25) is 4.79 Å². The molecule has 9 nitrogen and oxygen atoms in total. The molecule has 0 bridgehead atoms. The molecule has 27 heavy (non-hydrogen) atoms. The Morgan fingerprint density at radius 2 is 2.07 bits per heavy atom. The van der Waals surface area contributed by atoms with Crippen LogP contribution < -0.4 is 5.32 Å². The fourth-order valence-corrected chi connectivity index (χ4v) is 3.44. The van der Waals surface area contributed by atoms with E-state index in [0.717, 1.165) is 40.0 Å². The third-order valence-corrected chi connectivity index (χ3v) is 4.69. The fraction of sp³-hybridized carbons (Fsp3) is 0.294. The molecule has 1 aromatic carbocycles. The summed E-state index contributed by atoms with van der Waals surface area (Å²) in [6, 6.07) is 8.25. The predicted octanol–water partition coefficient (Wildman–Crippen LogP) is 3.21. The number of hydrogen-bond donors (Lipinski definition) is 1. The van der Waals surface area contributed by atoms with Crippen molar-refractivity contribution in [3.8, 4) is 11.3 Å². The number of benzene rings is 1. The average Bonchev–Trinajstić information content (AvgIpc) is 3.23. The van der Waals surface area contributed by atoms with Crippen molar-refractivity contribution in [2.24, 2.45) is 0 Å². The second-order valence-corrected chi connectivity index (χ2v) is 7.12. The normalized spacial score (nSPS) is 10.7. The van der Waals surface area contributed by atoms with Crippen LogP contribution in [-0.4, -0.2) is 30.6 Å². The van der Waals surface area contributed by atoms with E-state index in [1.807, 2.05) is 19.1 Å². The molecule has 2 heterocycles. The molecule has 1 amide bonds. The van der Waals surface area contributed by atoms with Gasteiger partial charge in [-0.15, -0.1) is 11.3 Å². The number of carbonyl (C=O) groups is 1. The van der Waals surface area contributed by atoms with Gasteiger partial charge in [0, 0.05) is 15.5 Å². The molecule has 0 aliphatic heterocycles. The van der Waals surface area contributed by atoms with E-state index in [1.54, 1.807) is 0 Å². The summed E-state index contributed by atoms with van der Waals surface area (Å²) in [6.45, 7) is 3.91. The zero-order chi connectivity index (χ0) is 19.4. The Kier molecular flexibility index (Phi) is 5.55. The number of aromatic nitrogens is 4. The minimum Gasteiger partial charge on any atom is -0.390 e. The Morgan fingerprint density at radius 3 is 2.70 bits per heavy atom. The van der Waals surface area contributed by atoms with Crippen molar-refractivity contribution in [1.82, 2.24) is 19.7 Å². The molecule has 0 saturated heterocycles. The third-order valence-electron chi connectivity index (χ3n) is 3.80. The number of carbonyl (C=O) groups excluding carboxylic acids is 1. The van der Waals surface area contributed by atoms with Crippen LogP contribution >= 0.6 is 11.3 Å². The SMILES string of the molecule is CCCc1ccc(-c2nc(NC(=O)Cn3cnc([N+](=O)[O-])n3)sc2C)cc1. The van der Waals surface area contributed by atoms with Gasteiger partial charge in [-0.2, -0.15) is 4.68 Å². The van der Waals surface area contributed by atoms with Crippen molar-refractivity contribution in [1.29, 1.82) is 0 Å². The van der Waals surface area contributed by atoms with E-state index in [9.17, 15) is 14.9 Å². The monoisotopic (exact) mass is 386 g/mol. The molecule has 0 unspecified atom stereocenters. The lowest BCUT2D eigenvalue weighted by Crippen LogP contribution is -2.19. The molecule has 10 heteroatoms. The van der Waals surface area contributed by atoms with Gasteiger partial charge in [-0.25, -0.2) is 4.98 Å². The Hall–Kier alpha value is -3.14. The second-order valence-electron chi connectivity index (χ2n) is 5.92. The molecule has 0 saturated carbocycles. The van der Waals surface area contributed by atoms with Crippen LogP contribution in [-0.2, 0) is 17.8 Å². The van der Waals surface area contributed by atoms with Crippen LogP contribution in [0.4, 0.5) is 11.1 Å². The first-order chi connectivity index (χ1) is 13.0. The summed E-state index contributed by atoms with van der Waals surface area (Å²) in [7, 11) is 0. The number of nitrogens with one attached hydrogen (secondary N) is 1. The maximum atomic E-state index is 12.1. The molecule has 3 aromatic rings. The molecule has 0 spiro atoms. The van der Waals surface area contributed by atoms with Crippen molar-refractivity contribution in [3.05, 3.63) is 51.1 Å². The summed E-state index contributed by atoms with van der Waals surface area (Å²) in [6.07, 6.45) is 3.28. The number of amides is 1. The van der Waals surface area contributed by atoms with Gasteiger partial charge in [0.05, 0.1) is 5.69 Å². The molecule has 140 valence electrons. The maximum Gasteiger partial charge on any atom is 0.490 e. The van der Waals surface area contributed by atoms with Gasteiger partial charge < -0.3 is 15.4 Å². The number of nitrogens with zero attached hydrogens (tertiary/aromatic N) is 5. The summed E-state index contributed by atoms with van der Waals surface area (Å²) in [5.41, 5.74) is 3.11. The van der Waals surface area contributed by atoms with Crippen molar-refractivity contribution in [2.75, 3.05) is 5.32 Å². The third kappa shape index (κ3) is 4.53. The van der Waals surface area contributed by atoms with Gasteiger partial charge in [-0.1, -0.05) is 42.6 Å². The van der Waals surface area contributed by atoms with Gasteiger partial charge in [0.2, 0.25) is 12.2 Å². The van der Waals surface area contributed by atoms with E-state index in [0.29, 0.717) is 5.13 Å². The summed E-state index contributed by atoms with van der Waals surface area (Å²) >= 11 is 1.38. The molecule has 3 rings (SSSR count). The van der Waals surface area contributed by atoms with Crippen molar-refractivity contribution >= 4 is 28.3 Å².